The first kappa shape index (κ1) is 13.1. The summed E-state index contributed by atoms with van der Waals surface area (Å²) in [6.45, 7) is 4.53. The molecule has 2 N–H and O–H groups in total. The monoisotopic (exact) mass is 264 g/mol. The Morgan fingerprint density at radius 1 is 1.39 bits per heavy atom. The molecule has 1 saturated heterocycles. The van der Waals surface area contributed by atoms with E-state index in [9.17, 15) is 0 Å². The molecule has 0 aromatic carbocycles. The molecule has 0 saturated carbocycles. The molecule has 1 aromatic rings. The minimum absolute atomic E-state index is 0.608. The van der Waals surface area contributed by atoms with Crippen LogP contribution in [0.15, 0.2) is 18.3 Å². The van der Waals surface area contributed by atoms with Crippen molar-refractivity contribution in [2.24, 2.45) is 5.92 Å². The Morgan fingerprint density at radius 3 is 2.67 bits per heavy atom. The zero-order valence-electron chi connectivity index (χ0n) is 10.9. The Bertz CT molecular complexity index is 396. The largest absolute Gasteiger partial charge is 0.366 e. The van der Waals surface area contributed by atoms with Gasteiger partial charge in [0, 0.05) is 20.1 Å². The number of anilines is 2. The highest BCUT2D eigenvalue weighted by molar-refractivity contribution is 7.80. The molecule has 98 valence electrons. The van der Waals surface area contributed by atoms with Crippen molar-refractivity contribution in [2.45, 2.75) is 19.8 Å². The Labute approximate surface area is 114 Å². The molecule has 2 heterocycles. The number of nitrogens with zero attached hydrogens (tertiary/aromatic N) is 2. The second kappa shape index (κ2) is 6.00. The SMILES string of the molecule is CNC(=S)Nc1ccc(N2CCC(C)CC2)nc1. The average Bonchev–Trinajstić information content (AvgIpc) is 2.40. The van der Waals surface area contributed by atoms with Crippen LogP contribution in [-0.2, 0) is 0 Å². The highest BCUT2D eigenvalue weighted by Crippen LogP contribution is 2.21. The fourth-order valence-electron chi connectivity index (χ4n) is 2.08. The number of hydrogen-bond acceptors (Lipinski definition) is 3. The van der Waals surface area contributed by atoms with Gasteiger partial charge in [-0.3, -0.25) is 0 Å². The molecule has 1 aliphatic heterocycles. The summed E-state index contributed by atoms with van der Waals surface area (Å²) in [4.78, 5) is 6.84. The number of nitrogens with one attached hydrogen (secondary N) is 2. The third-order valence-electron chi connectivity index (χ3n) is 3.34. The van der Waals surface area contributed by atoms with Crippen molar-refractivity contribution in [1.82, 2.24) is 10.3 Å². The molecular weight excluding hydrogens is 244 g/mol. The van der Waals surface area contributed by atoms with Crippen LogP contribution < -0.4 is 15.5 Å². The van der Waals surface area contributed by atoms with E-state index in [1.807, 2.05) is 12.3 Å². The van der Waals surface area contributed by atoms with Crippen LogP contribution in [0.25, 0.3) is 0 Å². The molecule has 0 atom stereocenters. The summed E-state index contributed by atoms with van der Waals surface area (Å²) in [5.74, 6) is 1.90. The molecule has 0 unspecified atom stereocenters. The second-order valence-corrected chi connectivity index (χ2v) is 5.19. The molecule has 4 nitrogen and oxygen atoms in total. The van der Waals surface area contributed by atoms with Gasteiger partial charge >= 0.3 is 0 Å². The van der Waals surface area contributed by atoms with Crippen LogP contribution in [-0.4, -0.2) is 30.2 Å². The summed E-state index contributed by atoms with van der Waals surface area (Å²) < 4.78 is 0. The molecular formula is C13H20N4S. The van der Waals surface area contributed by atoms with Gasteiger partial charge in [-0.1, -0.05) is 6.92 Å². The molecule has 0 aliphatic carbocycles. The van der Waals surface area contributed by atoms with Crippen LogP contribution in [0, 0.1) is 5.92 Å². The summed E-state index contributed by atoms with van der Waals surface area (Å²) in [7, 11) is 1.80. The standard InChI is InChI=1S/C13H20N4S/c1-10-5-7-17(8-6-10)12-4-3-11(9-15-12)16-13(18)14-2/h3-4,9-10H,5-8H2,1-2H3,(H2,14,16,18). The number of piperidine rings is 1. The topological polar surface area (TPSA) is 40.2 Å². The van der Waals surface area contributed by atoms with Gasteiger partial charge in [0.1, 0.15) is 5.82 Å². The molecule has 0 spiro atoms. The van der Waals surface area contributed by atoms with Crippen molar-refractivity contribution in [3.05, 3.63) is 18.3 Å². The van der Waals surface area contributed by atoms with Crippen molar-refractivity contribution in [3.8, 4) is 0 Å². The van der Waals surface area contributed by atoms with Gasteiger partial charge in [-0.2, -0.15) is 0 Å². The fourth-order valence-corrected chi connectivity index (χ4v) is 2.20. The first-order chi connectivity index (χ1) is 8.69. The molecule has 18 heavy (non-hydrogen) atoms. The summed E-state index contributed by atoms with van der Waals surface area (Å²) in [5.41, 5.74) is 0.920. The van der Waals surface area contributed by atoms with Crippen molar-refractivity contribution in [1.29, 1.82) is 0 Å². The predicted octanol–water partition coefficient (Wildman–Crippen LogP) is 2.23. The van der Waals surface area contributed by atoms with Gasteiger partial charge in [-0.05, 0) is 43.1 Å². The van der Waals surface area contributed by atoms with Crippen molar-refractivity contribution in [3.63, 3.8) is 0 Å². The summed E-state index contributed by atoms with van der Waals surface area (Å²) in [6, 6.07) is 4.07. The molecule has 1 aromatic heterocycles. The van der Waals surface area contributed by atoms with E-state index < -0.39 is 0 Å². The smallest absolute Gasteiger partial charge is 0.170 e. The fraction of sp³-hybridized carbons (Fsp3) is 0.538. The van der Waals surface area contributed by atoms with Gasteiger partial charge in [0.2, 0.25) is 0 Å². The third-order valence-corrected chi connectivity index (χ3v) is 3.65. The zero-order chi connectivity index (χ0) is 13.0. The second-order valence-electron chi connectivity index (χ2n) is 4.78. The first-order valence-corrected chi connectivity index (χ1v) is 6.79. The van der Waals surface area contributed by atoms with Gasteiger partial charge < -0.3 is 15.5 Å². The quantitative estimate of drug-likeness (QED) is 0.802. The van der Waals surface area contributed by atoms with Crippen molar-refractivity contribution < 1.29 is 0 Å². The molecule has 5 heteroatoms. The molecule has 0 amide bonds. The van der Waals surface area contributed by atoms with E-state index in [1.165, 1.54) is 12.8 Å². The lowest BCUT2D eigenvalue weighted by molar-refractivity contribution is 0.436. The van der Waals surface area contributed by atoms with E-state index >= 15 is 0 Å². The Kier molecular flexibility index (Phi) is 4.36. The maximum absolute atomic E-state index is 5.05. The lowest BCUT2D eigenvalue weighted by Crippen LogP contribution is -2.33. The van der Waals surface area contributed by atoms with Crippen LogP contribution >= 0.6 is 12.2 Å². The summed E-state index contributed by atoms with van der Waals surface area (Å²) >= 11 is 5.05. The zero-order valence-corrected chi connectivity index (χ0v) is 11.8. The Morgan fingerprint density at radius 2 is 2.11 bits per heavy atom. The van der Waals surface area contributed by atoms with Crippen LogP contribution in [0.2, 0.25) is 0 Å². The van der Waals surface area contributed by atoms with Crippen LogP contribution in [0.4, 0.5) is 11.5 Å². The van der Waals surface area contributed by atoms with Gasteiger partial charge in [-0.15, -0.1) is 0 Å². The highest BCUT2D eigenvalue weighted by atomic mass is 32.1. The van der Waals surface area contributed by atoms with E-state index in [0.29, 0.717) is 5.11 Å². The van der Waals surface area contributed by atoms with E-state index in [-0.39, 0.29) is 0 Å². The third kappa shape index (κ3) is 3.32. The summed E-state index contributed by atoms with van der Waals surface area (Å²) in [6.07, 6.45) is 4.34. The van der Waals surface area contributed by atoms with Gasteiger partial charge in [0.25, 0.3) is 0 Å². The van der Waals surface area contributed by atoms with Gasteiger partial charge in [0.15, 0.2) is 5.11 Å². The number of aromatic nitrogens is 1. The van der Waals surface area contributed by atoms with E-state index in [0.717, 1.165) is 30.5 Å². The highest BCUT2D eigenvalue weighted by Gasteiger charge is 2.16. The number of pyridine rings is 1. The minimum Gasteiger partial charge on any atom is -0.366 e. The first-order valence-electron chi connectivity index (χ1n) is 6.39. The molecule has 0 radical (unpaired) electrons. The average molecular weight is 264 g/mol. The lowest BCUT2D eigenvalue weighted by Gasteiger charge is -2.31. The number of hydrogen-bond donors (Lipinski definition) is 2. The maximum Gasteiger partial charge on any atom is 0.170 e. The van der Waals surface area contributed by atoms with Gasteiger partial charge in [-0.25, -0.2) is 4.98 Å². The lowest BCUT2D eigenvalue weighted by atomic mass is 9.99. The molecule has 0 bridgehead atoms. The molecule has 2 rings (SSSR count). The van der Waals surface area contributed by atoms with Gasteiger partial charge in [0.05, 0.1) is 11.9 Å². The van der Waals surface area contributed by atoms with Crippen LogP contribution in [0.5, 0.6) is 0 Å². The van der Waals surface area contributed by atoms with Crippen LogP contribution in [0.1, 0.15) is 19.8 Å². The number of thiocarbonyl (C=S) groups is 1. The van der Waals surface area contributed by atoms with Crippen molar-refractivity contribution >= 4 is 28.8 Å². The Hall–Kier alpha value is -1.36. The van der Waals surface area contributed by atoms with E-state index in [1.54, 1.807) is 7.05 Å². The Balaban J connectivity index is 1.97. The number of rotatable bonds is 2. The summed E-state index contributed by atoms with van der Waals surface area (Å²) in [5, 5.41) is 6.55. The predicted molar refractivity (Wildman–Crippen MR) is 80.1 cm³/mol. The van der Waals surface area contributed by atoms with E-state index in [4.69, 9.17) is 12.2 Å². The minimum atomic E-state index is 0.608. The normalized spacial score (nSPS) is 16.4. The molecule has 1 fully saturated rings. The van der Waals surface area contributed by atoms with E-state index in [2.05, 4.69) is 33.5 Å². The van der Waals surface area contributed by atoms with Crippen LogP contribution in [0.3, 0.4) is 0 Å². The maximum atomic E-state index is 5.05. The van der Waals surface area contributed by atoms with Crippen molar-refractivity contribution in [2.75, 3.05) is 30.4 Å². The molecule has 1 aliphatic rings.